The minimum Gasteiger partial charge on any atom is -0.344 e. The molecule has 2 N–H and O–H groups in total. The van der Waals surface area contributed by atoms with Gasteiger partial charge in [0.1, 0.15) is 5.69 Å². The molecule has 0 fully saturated rings. The predicted molar refractivity (Wildman–Crippen MR) is 84.1 cm³/mol. The molecule has 110 valence electrons. The van der Waals surface area contributed by atoms with Gasteiger partial charge in [-0.1, -0.05) is 24.3 Å². The highest BCUT2D eigenvalue weighted by Gasteiger charge is 2.12. The van der Waals surface area contributed by atoms with Crippen LogP contribution in [0.3, 0.4) is 0 Å². The molecule has 2 heterocycles. The van der Waals surface area contributed by atoms with E-state index in [1.807, 2.05) is 43.5 Å². The first kappa shape index (κ1) is 14.0. The van der Waals surface area contributed by atoms with Gasteiger partial charge in [0.15, 0.2) is 0 Å². The molecule has 0 aliphatic heterocycles. The summed E-state index contributed by atoms with van der Waals surface area (Å²) in [6.07, 6.45) is 6.57. The van der Waals surface area contributed by atoms with Gasteiger partial charge in [-0.3, -0.25) is 9.78 Å². The molecular weight excluding hydrogens is 276 g/mol. The van der Waals surface area contributed by atoms with Crippen LogP contribution in [-0.4, -0.2) is 20.9 Å². The Kier molecular flexibility index (Phi) is 3.96. The molecular formula is C17H16N4O. The Morgan fingerprint density at radius 1 is 1.14 bits per heavy atom. The number of nitrogens with zero attached hydrogens (tertiary/aromatic N) is 2. The van der Waals surface area contributed by atoms with Crippen molar-refractivity contribution in [1.29, 1.82) is 0 Å². The van der Waals surface area contributed by atoms with Crippen molar-refractivity contribution in [2.24, 2.45) is 0 Å². The number of hydrogen-bond donors (Lipinski definition) is 2. The van der Waals surface area contributed by atoms with Gasteiger partial charge in [-0.05, 0) is 35.7 Å². The molecule has 0 saturated heterocycles. The number of imidazole rings is 1. The molecule has 0 spiro atoms. The summed E-state index contributed by atoms with van der Waals surface area (Å²) in [4.78, 5) is 22.8. The Labute approximate surface area is 128 Å². The molecule has 3 aromatic rings. The summed E-state index contributed by atoms with van der Waals surface area (Å²) in [5.74, 6) is -0.170. The molecule has 1 atom stereocenters. The summed E-state index contributed by atoms with van der Waals surface area (Å²) in [5, 5.41) is 2.95. The van der Waals surface area contributed by atoms with Crippen LogP contribution in [0.5, 0.6) is 0 Å². The number of rotatable bonds is 4. The number of nitrogens with one attached hydrogen (secondary N) is 2. The van der Waals surface area contributed by atoms with E-state index in [0.717, 1.165) is 16.7 Å². The van der Waals surface area contributed by atoms with Crippen LogP contribution in [0.2, 0.25) is 0 Å². The van der Waals surface area contributed by atoms with E-state index in [1.54, 1.807) is 6.20 Å². The van der Waals surface area contributed by atoms with E-state index in [2.05, 4.69) is 26.3 Å². The van der Waals surface area contributed by atoms with Gasteiger partial charge in [0.2, 0.25) is 0 Å². The van der Waals surface area contributed by atoms with Gasteiger partial charge < -0.3 is 10.3 Å². The first-order valence-corrected chi connectivity index (χ1v) is 7.03. The largest absolute Gasteiger partial charge is 0.344 e. The van der Waals surface area contributed by atoms with Crippen molar-refractivity contribution >= 4 is 5.91 Å². The molecule has 0 bridgehead atoms. The van der Waals surface area contributed by atoms with Crippen molar-refractivity contribution < 1.29 is 4.79 Å². The summed E-state index contributed by atoms with van der Waals surface area (Å²) < 4.78 is 0. The van der Waals surface area contributed by atoms with Crippen LogP contribution < -0.4 is 5.32 Å². The maximum absolute atomic E-state index is 12.1. The van der Waals surface area contributed by atoms with Crippen LogP contribution in [0.4, 0.5) is 0 Å². The zero-order valence-corrected chi connectivity index (χ0v) is 12.2. The van der Waals surface area contributed by atoms with E-state index in [-0.39, 0.29) is 11.9 Å². The second-order valence-electron chi connectivity index (χ2n) is 5.03. The fourth-order valence-corrected chi connectivity index (χ4v) is 2.26. The van der Waals surface area contributed by atoms with Gasteiger partial charge in [-0.2, -0.15) is 0 Å². The number of hydrogen-bond acceptors (Lipinski definition) is 3. The lowest BCUT2D eigenvalue weighted by molar-refractivity contribution is 0.0935. The van der Waals surface area contributed by atoms with E-state index in [9.17, 15) is 4.79 Å². The Bertz CT molecular complexity index is 753. The van der Waals surface area contributed by atoms with Crippen LogP contribution in [-0.2, 0) is 0 Å². The Morgan fingerprint density at radius 3 is 2.73 bits per heavy atom. The second kappa shape index (κ2) is 6.22. The number of amides is 1. The normalized spacial score (nSPS) is 11.9. The fraction of sp³-hybridized carbons (Fsp3) is 0.118. The topological polar surface area (TPSA) is 70.7 Å². The molecule has 0 saturated carbocycles. The van der Waals surface area contributed by atoms with Crippen LogP contribution in [0.1, 0.15) is 29.0 Å². The van der Waals surface area contributed by atoms with Gasteiger partial charge in [0.25, 0.3) is 5.91 Å². The molecule has 3 rings (SSSR count). The van der Waals surface area contributed by atoms with Crippen LogP contribution >= 0.6 is 0 Å². The van der Waals surface area contributed by atoms with Crippen molar-refractivity contribution in [2.45, 2.75) is 13.0 Å². The van der Waals surface area contributed by atoms with Gasteiger partial charge in [-0.15, -0.1) is 0 Å². The van der Waals surface area contributed by atoms with Crippen molar-refractivity contribution in [1.82, 2.24) is 20.3 Å². The minimum atomic E-state index is -0.170. The maximum Gasteiger partial charge on any atom is 0.269 e. The number of aromatic amines is 1. The van der Waals surface area contributed by atoms with E-state index < -0.39 is 0 Å². The Balaban J connectivity index is 1.78. The molecule has 2 aromatic heterocycles. The lowest BCUT2D eigenvalue weighted by Gasteiger charge is -2.15. The van der Waals surface area contributed by atoms with E-state index in [4.69, 9.17) is 0 Å². The molecule has 0 aliphatic carbocycles. The Morgan fingerprint density at radius 2 is 2.00 bits per heavy atom. The molecule has 1 amide bonds. The van der Waals surface area contributed by atoms with Crippen molar-refractivity contribution in [3.8, 4) is 11.1 Å². The average Bonchev–Trinajstić information content (AvgIpc) is 3.10. The molecule has 0 aliphatic rings. The minimum absolute atomic E-state index is 0.104. The van der Waals surface area contributed by atoms with Gasteiger partial charge >= 0.3 is 0 Å². The third-order valence-electron chi connectivity index (χ3n) is 3.47. The van der Waals surface area contributed by atoms with Gasteiger partial charge in [0, 0.05) is 12.4 Å². The molecule has 0 unspecified atom stereocenters. The predicted octanol–water partition coefficient (Wildman–Crippen LogP) is 2.96. The zero-order valence-electron chi connectivity index (χ0n) is 12.2. The highest BCUT2D eigenvalue weighted by atomic mass is 16.1. The second-order valence-corrected chi connectivity index (χ2v) is 5.03. The molecule has 5 nitrogen and oxygen atoms in total. The number of H-pyrrole nitrogens is 1. The van der Waals surface area contributed by atoms with E-state index >= 15 is 0 Å². The molecule has 22 heavy (non-hydrogen) atoms. The summed E-state index contributed by atoms with van der Waals surface area (Å²) in [6, 6.07) is 11.9. The van der Waals surface area contributed by atoms with Gasteiger partial charge in [0.05, 0.1) is 18.6 Å². The molecule has 1 aromatic carbocycles. The van der Waals surface area contributed by atoms with E-state index in [1.165, 1.54) is 12.5 Å². The Hall–Kier alpha value is -2.95. The lowest BCUT2D eigenvalue weighted by atomic mass is 10.0. The number of aromatic nitrogens is 3. The lowest BCUT2D eigenvalue weighted by Crippen LogP contribution is -2.26. The third kappa shape index (κ3) is 3.03. The van der Waals surface area contributed by atoms with Crippen molar-refractivity contribution in [2.75, 3.05) is 0 Å². The summed E-state index contributed by atoms with van der Waals surface area (Å²) in [7, 11) is 0. The third-order valence-corrected chi connectivity index (χ3v) is 3.47. The first-order valence-electron chi connectivity index (χ1n) is 7.03. The number of carbonyl (C=O) groups is 1. The van der Waals surface area contributed by atoms with Crippen molar-refractivity contribution in [3.05, 3.63) is 72.6 Å². The van der Waals surface area contributed by atoms with Crippen LogP contribution in [0, 0.1) is 0 Å². The van der Waals surface area contributed by atoms with Crippen LogP contribution in [0.25, 0.3) is 11.1 Å². The number of carbonyl (C=O) groups excluding carboxylic acids is 1. The quantitative estimate of drug-likeness (QED) is 0.776. The first-order chi connectivity index (χ1) is 10.7. The fourth-order valence-electron chi connectivity index (χ4n) is 2.26. The van der Waals surface area contributed by atoms with Gasteiger partial charge in [-0.25, -0.2) is 4.98 Å². The monoisotopic (exact) mass is 292 g/mol. The van der Waals surface area contributed by atoms with Crippen LogP contribution in [0.15, 0.2) is 61.3 Å². The molecule has 0 radical (unpaired) electrons. The summed E-state index contributed by atoms with van der Waals surface area (Å²) >= 11 is 0. The van der Waals surface area contributed by atoms with E-state index in [0.29, 0.717) is 5.69 Å². The average molecular weight is 292 g/mol. The highest BCUT2D eigenvalue weighted by Crippen LogP contribution is 2.22. The summed E-state index contributed by atoms with van der Waals surface area (Å²) in [6.45, 7) is 1.95. The molecule has 5 heteroatoms. The highest BCUT2D eigenvalue weighted by molar-refractivity contribution is 5.92. The summed E-state index contributed by atoms with van der Waals surface area (Å²) in [5.41, 5.74) is 3.62. The standard InChI is InChI=1S/C17H16N4O/c1-12(21-17(22)16-10-19-11-20-16)13-4-2-5-14(8-13)15-6-3-7-18-9-15/h2-12H,1H3,(H,19,20)(H,21,22)/t12-/m0/s1. The maximum atomic E-state index is 12.1. The number of pyridine rings is 1. The SMILES string of the molecule is C[C@H](NC(=O)c1cnc[nH]1)c1cccc(-c2cccnc2)c1. The number of benzene rings is 1. The van der Waals surface area contributed by atoms with Crippen molar-refractivity contribution in [3.63, 3.8) is 0 Å². The zero-order chi connectivity index (χ0) is 15.4. The smallest absolute Gasteiger partial charge is 0.269 e.